The second-order valence-electron chi connectivity index (χ2n) is 7.50. The Bertz CT molecular complexity index is 1410. The van der Waals surface area contributed by atoms with Crippen LogP contribution in [0.1, 0.15) is 20.9 Å². The summed E-state index contributed by atoms with van der Waals surface area (Å²) < 4.78 is 7.22. The summed E-state index contributed by atoms with van der Waals surface area (Å²) in [7, 11) is 3.56. The van der Waals surface area contributed by atoms with Crippen molar-refractivity contribution in [2.24, 2.45) is 7.05 Å². The lowest BCUT2D eigenvalue weighted by Gasteiger charge is -2.09. The summed E-state index contributed by atoms with van der Waals surface area (Å²) in [5.74, 6) is 1.04. The summed E-state index contributed by atoms with van der Waals surface area (Å²) in [6, 6.07) is 15.3. The number of carbonyl (C=O) groups is 1. The first-order valence-electron chi connectivity index (χ1n) is 10.4. The van der Waals surface area contributed by atoms with Crippen LogP contribution in [0.4, 0.5) is 5.95 Å². The molecule has 4 heterocycles. The fourth-order valence-corrected chi connectivity index (χ4v) is 4.38. The molecule has 5 rings (SSSR count). The molecular formula is C25H21N5O2S. The number of hydrogen-bond acceptors (Lipinski definition) is 7. The third kappa shape index (κ3) is 4.08. The summed E-state index contributed by atoms with van der Waals surface area (Å²) in [6.07, 6.45) is 5.50. The van der Waals surface area contributed by atoms with Crippen LogP contribution in [-0.2, 0) is 13.6 Å². The predicted molar refractivity (Wildman–Crippen MR) is 130 cm³/mol. The molecule has 0 amide bonds. The summed E-state index contributed by atoms with van der Waals surface area (Å²) in [5.41, 5.74) is 3.92. The number of fused-ring (bicyclic) bond motifs is 1. The zero-order valence-electron chi connectivity index (χ0n) is 18.1. The number of aryl methyl sites for hydroxylation is 1. The maximum Gasteiger partial charge on any atom is 0.225 e. The number of ketones is 1. The van der Waals surface area contributed by atoms with E-state index in [4.69, 9.17) is 9.72 Å². The van der Waals surface area contributed by atoms with Gasteiger partial charge in [0.25, 0.3) is 0 Å². The third-order valence-electron chi connectivity index (χ3n) is 5.35. The van der Waals surface area contributed by atoms with Crippen molar-refractivity contribution in [1.29, 1.82) is 0 Å². The highest BCUT2D eigenvalue weighted by atomic mass is 32.1. The fraction of sp³-hybridized carbons (Fsp3) is 0.120. The third-order valence-corrected chi connectivity index (χ3v) is 6.22. The number of hydrogen-bond donors (Lipinski definition) is 1. The summed E-state index contributed by atoms with van der Waals surface area (Å²) in [6.45, 7) is 0.502. The van der Waals surface area contributed by atoms with Crippen LogP contribution in [0.15, 0.2) is 72.5 Å². The van der Waals surface area contributed by atoms with Gasteiger partial charge < -0.3 is 14.6 Å². The average molecular weight is 456 g/mol. The van der Waals surface area contributed by atoms with Crippen molar-refractivity contribution in [3.8, 4) is 16.9 Å². The smallest absolute Gasteiger partial charge is 0.225 e. The number of benzene rings is 1. The van der Waals surface area contributed by atoms with E-state index in [1.165, 1.54) is 11.3 Å². The van der Waals surface area contributed by atoms with E-state index in [0.717, 1.165) is 27.8 Å². The number of aromatic nitrogens is 4. The van der Waals surface area contributed by atoms with Crippen molar-refractivity contribution in [2.45, 2.75) is 6.54 Å². The molecule has 0 spiro atoms. The summed E-state index contributed by atoms with van der Waals surface area (Å²) in [5, 5.41) is 5.87. The number of thiophene rings is 1. The molecule has 5 aromatic rings. The first-order chi connectivity index (χ1) is 16.1. The van der Waals surface area contributed by atoms with Crippen LogP contribution in [-0.4, -0.2) is 32.4 Å². The Hall–Kier alpha value is -4.04. The molecule has 0 aliphatic carbocycles. The minimum Gasteiger partial charge on any atom is -0.497 e. The van der Waals surface area contributed by atoms with Crippen molar-refractivity contribution < 1.29 is 9.53 Å². The van der Waals surface area contributed by atoms with Crippen molar-refractivity contribution in [1.82, 2.24) is 19.5 Å². The monoisotopic (exact) mass is 455 g/mol. The summed E-state index contributed by atoms with van der Waals surface area (Å²) >= 11 is 1.40. The summed E-state index contributed by atoms with van der Waals surface area (Å²) in [4.78, 5) is 27.7. The number of rotatable bonds is 7. The lowest BCUT2D eigenvalue weighted by atomic mass is 10.0. The topological polar surface area (TPSA) is 81.9 Å². The molecule has 8 heteroatoms. The average Bonchev–Trinajstić information content (AvgIpc) is 3.51. The van der Waals surface area contributed by atoms with Gasteiger partial charge in [-0.15, -0.1) is 11.3 Å². The minimum absolute atomic E-state index is 0.122. The predicted octanol–water partition coefficient (Wildman–Crippen LogP) is 4.94. The van der Waals surface area contributed by atoms with Gasteiger partial charge >= 0.3 is 0 Å². The number of ether oxygens (including phenoxy) is 1. The highest BCUT2D eigenvalue weighted by Crippen LogP contribution is 2.34. The van der Waals surface area contributed by atoms with Crippen LogP contribution in [0.3, 0.4) is 0 Å². The fourth-order valence-electron chi connectivity index (χ4n) is 3.71. The molecule has 0 unspecified atom stereocenters. The van der Waals surface area contributed by atoms with Gasteiger partial charge in [0.05, 0.1) is 17.4 Å². The number of methoxy groups -OCH3 is 1. The van der Waals surface area contributed by atoms with Gasteiger partial charge in [0, 0.05) is 37.7 Å². The Morgan fingerprint density at radius 1 is 1.12 bits per heavy atom. The number of carbonyl (C=O) groups excluding carboxylic acids is 1. The van der Waals surface area contributed by atoms with Gasteiger partial charge in [-0.1, -0.05) is 24.3 Å². The Morgan fingerprint density at radius 3 is 2.67 bits per heavy atom. The van der Waals surface area contributed by atoms with Crippen LogP contribution < -0.4 is 10.1 Å². The van der Waals surface area contributed by atoms with E-state index in [-0.39, 0.29) is 5.78 Å². The Kier molecular flexibility index (Phi) is 5.58. The van der Waals surface area contributed by atoms with E-state index in [1.807, 2.05) is 71.7 Å². The van der Waals surface area contributed by atoms with Crippen LogP contribution in [0.2, 0.25) is 0 Å². The van der Waals surface area contributed by atoms with E-state index in [0.29, 0.717) is 28.7 Å². The van der Waals surface area contributed by atoms with Crippen LogP contribution in [0.5, 0.6) is 5.75 Å². The molecular weight excluding hydrogens is 434 g/mol. The SMILES string of the molecule is COc1ccc(-c2cn(C)c3nc(NCc4cccnc4)nc(C(=O)c4cccs4)c23)cc1. The molecule has 4 aromatic heterocycles. The first kappa shape index (κ1) is 20.8. The Morgan fingerprint density at radius 2 is 1.97 bits per heavy atom. The van der Waals surface area contributed by atoms with Gasteiger partial charge in [0.15, 0.2) is 0 Å². The molecule has 1 N–H and O–H groups in total. The highest BCUT2D eigenvalue weighted by molar-refractivity contribution is 7.12. The molecule has 33 heavy (non-hydrogen) atoms. The maximum absolute atomic E-state index is 13.5. The molecule has 7 nitrogen and oxygen atoms in total. The number of nitrogens with zero attached hydrogens (tertiary/aromatic N) is 4. The Balaban J connectivity index is 1.64. The number of anilines is 1. The van der Waals surface area contributed by atoms with E-state index >= 15 is 0 Å². The molecule has 0 atom stereocenters. The van der Waals surface area contributed by atoms with Crippen molar-refractivity contribution in [3.05, 3.63) is 88.6 Å². The molecule has 0 aliphatic heterocycles. The quantitative estimate of drug-likeness (QED) is 0.350. The van der Waals surface area contributed by atoms with E-state index in [1.54, 1.807) is 19.5 Å². The lowest BCUT2D eigenvalue weighted by Crippen LogP contribution is -2.10. The second kappa shape index (κ2) is 8.84. The molecule has 0 radical (unpaired) electrons. The van der Waals surface area contributed by atoms with Gasteiger partial charge in [-0.05, 0) is 40.8 Å². The van der Waals surface area contributed by atoms with Crippen molar-refractivity contribution in [2.75, 3.05) is 12.4 Å². The van der Waals surface area contributed by atoms with Gasteiger partial charge in [0.1, 0.15) is 17.1 Å². The molecule has 0 saturated carbocycles. The van der Waals surface area contributed by atoms with Gasteiger partial charge in [-0.2, -0.15) is 4.98 Å². The van der Waals surface area contributed by atoms with E-state index in [2.05, 4.69) is 15.3 Å². The molecule has 0 saturated heterocycles. The van der Waals surface area contributed by atoms with Crippen molar-refractivity contribution in [3.63, 3.8) is 0 Å². The van der Waals surface area contributed by atoms with Crippen LogP contribution >= 0.6 is 11.3 Å². The standard InChI is InChI=1S/C25H21N5O2S/c1-30-15-19(17-7-9-18(32-2)10-8-17)21-22(23(31)20-6-4-12-33-20)28-25(29-24(21)30)27-14-16-5-3-11-26-13-16/h3-13,15H,14H2,1-2H3,(H,27,28,29). The number of pyridine rings is 1. The van der Waals surface area contributed by atoms with Crippen LogP contribution in [0.25, 0.3) is 22.2 Å². The molecule has 164 valence electrons. The van der Waals surface area contributed by atoms with Gasteiger partial charge in [-0.25, -0.2) is 4.98 Å². The first-order valence-corrected chi connectivity index (χ1v) is 11.2. The van der Waals surface area contributed by atoms with Crippen molar-refractivity contribution >= 4 is 34.1 Å². The van der Waals surface area contributed by atoms with Gasteiger partial charge in [0.2, 0.25) is 11.7 Å². The second-order valence-corrected chi connectivity index (χ2v) is 8.45. The molecule has 1 aromatic carbocycles. The van der Waals surface area contributed by atoms with Crippen LogP contribution in [0, 0.1) is 0 Å². The Labute approximate surface area is 194 Å². The largest absolute Gasteiger partial charge is 0.497 e. The highest BCUT2D eigenvalue weighted by Gasteiger charge is 2.23. The van der Waals surface area contributed by atoms with Gasteiger partial charge in [-0.3, -0.25) is 9.78 Å². The lowest BCUT2D eigenvalue weighted by molar-refractivity contribution is 0.103. The zero-order chi connectivity index (χ0) is 22.8. The normalized spacial score (nSPS) is 11.0. The molecule has 0 aliphatic rings. The zero-order valence-corrected chi connectivity index (χ0v) is 19.0. The maximum atomic E-state index is 13.5. The number of nitrogens with one attached hydrogen (secondary N) is 1. The molecule has 0 bridgehead atoms. The van der Waals surface area contributed by atoms with E-state index in [9.17, 15) is 4.79 Å². The van der Waals surface area contributed by atoms with E-state index < -0.39 is 0 Å². The molecule has 0 fully saturated rings. The minimum atomic E-state index is -0.122.